The van der Waals surface area contributed by atoms with Crippen molar-refractivity contribution in [3.8, 4) is 6.07 Å². The Morgan fingerprint density at radius 2 is 2.13 bits per heavy atom. The van der Waals surface area contributed by atoms with E-state index in [1.54, 1.807) is 6.92 Å². The van der Waals surface area contributed by atoms with Crippen LogP contribution in [0, 0.1) is 23.0 Å². The number of halogens is 2. The van der Waals surface area contributed by atoms with Crippen molar-refractivity contribution >= 4 is 5.70 Å². The molecule has 0 aliphatic heterocycles. The van der Waals surface area contributed by atoms with E-state index in [2.05, 4.69) is 0 Å². The van der Waals surface area contributed by atoms with Crippen LogP contribution in [0.5, 0.6) is 0 Å². The van der Waals surface area contributed by atoms with Gasteiger partial charge >= 0.3 is 0 Å². The van der Waals surface area contributed by atoms with Crippen LogP contribution in [-0.4, -0.2) is 0 Å². The molecule has 0 spiro atoms. The summed E-state index contributed by atoms with van der Waals surface area (Å²) in [6.07, 6.45) is 0.387. The Bertz CT molecular complexity index is 444. The van der Waals surface area contributed by atoms with Crippen molar-refractivity contribution in [2.24, 2.45) is 5.73 Å². The highest BCUT2D eigenvalue weighted by atomic mass is 19.2. The van der Waals surface area contributed by atoms with Crippen molar-refractivity contribution in [2.45, 2.75) is 13.3 Å². The first-order valence-electron chi connectivity index (χ1n) is 4.44. The molecule has 0 aromatic heterocycles. The molecule has 0 aliphatic rings. The number of rotatable bonds is 2. The zero-order chi connectivity index (χ0) is 11.4. The Kier molecular flexibility index (Phi) is 3.40. The van der Waals surface area contributed by atoms with Gasteiger partial charge in [0.2, 0.25) is 0 Å². The average Bonchev–Trinajstić information content (AvgIpc) is 2.23. The molecule has 15 heavy (non-hydrogen) atoms. The van der Waals surface area contributed by atoms with Gasteiger partial charge in [0.25, 0.3) is 0 Å². The molecule has 0 heterocycles. The monoisotopic (exact) mass is 208 g/mol. The van der Waals surface area contributed by atoms with Crippen LogP contribution in [0.3, 0.4) is 0 Å². The lowest BCUT2D eigenvalue weighted by atomic mass is 10.1. The van der Waals surface area contributed by atoms with E-state index in [-0.39, 0.29) is 16.8 Å². The van der Waals surface area contributed by atoms with Gasteiger partial charge in [0.1, 0.15) is 0 Å². The SMILES string of the molecule is CC/C(C#N)=C(/N)c1cccc(F)c1F. The second-order valence-corrected chi connectivity index (χ2v) is 2.96. The van der Waals surface area contributed by atoms with Gasteiger partial charge in [0.15, 0.2) is 11.6 Å². The number of allylic oxidation sites excluding steroid dienone is 1. The van der Waals surface area contributed by atoms with E-state index in [0.717, 1.165) is 6.07 Å². The summed E-state index contributed by atoms with van der Waals surface area (Å²) in [5.74, 6) is -1.99. The largest absolute Gasteiger partial charge is 0.397 e. The quantitative estimate of drug-likeness (QED) is 0.759. The molecule has 0 saturated heterocycles. The molecule has 0 saturated carbocycles. The van der Waals surface area contributed by atoms with Gasteiger partial charge in [-0.1, -0.05) is 13.0 Å². The van der Waals surface area contributed by atoms with E-state index in [0.29, 0.717) is 6.42 Å². The third-order valence-electron chi connectivity index (χ3n) is 2.06. The molecule has 4 heteroatoms. The molecule has 0 aliphatic carbocycles. The first kappa shape index (κ1) is 11.2. The standard InChI is InChI=1S/C11H10F2N2/c1-2-7(6-14)11(15)8-4-3-5-9(12)10(8)13/h3-5H,2,15H2,1H3/b11-7-. The van der Waals surface area contributed by atoms with Crippen molar-refractivity contribution in [1.29, 1.82) is 5.26 Å². The Morgan fingerprint density at radius 1 is 1.47 bits per heavy atom. The van der Waals surface area contributed by atoms with Crippen LogP contribution in [0.15, 0.2) is 23.8 Å². The van der Waals surface area contributed by atoms with Crippen LogP contribution in [0.25, 0.3) is 5.70 Å². The highest BCUT2D eigenvalue weighted by Crippen LogP contribution is 2.20. The molecular weight excluding hydrogens is 198 g/mol. The second kappa shape index (κ2) is 4.56. The van der Waals surface area contributed by atoms with Crippen LogP contribution in [0.4, 0.5) is 8.78 Å². The number of nitrogens with two attached hydrogens (primary N) is 1. The molecule has 0 unspecified atom stereocenters. The minimum atomic E-state index is -1.02. The average molecular weight is 208 g/mol. The zero-order valence-corrected chi connectivity index (χ0v) is 8.22. The van der Waals surface area contributed by atoms with Gasteiger partial charge in [0, 0.05) is 5.56 Å². The third-order valence-corrected chi connectivity index (χ3v) is 2.06. The summed E-state index contributed by atoms with van der Waals surface area (Å²) in [6, 6.07) is 5.57. The van der Waals surface area contributed by atoms with Crippen LogP contribution < -0.4 is 5.73 Å². The summed E-state index contributed by atoms with van der Waals surface area (Å²) in [5, 5.41) is 8.71. The van der Waals surface area contributed by atoms with Crippen molar-refractivity contribution in [1.82, 2.24) is 0 Å². The minimum absolute atomic E-state index is 0.00278. The molecule has 2 nitrogen and oxygen atoms in total. The van der Waals surface area contributed by atoms with E-state index in [9.17, 15) is 8.78 Å². The molecule has 0 atom stereocenters. The normalized spacial score (nSPS) is 11.9. The topological polar surface area (TPSA) is 49.8 Å². The first-order valence-corrected chi connectivity index (χ1v) is 4.44. The summed E-state index contributed by atoms with van der Waals surface area (Å²) in [7, 11) is 0. The smallest absolute Gasteiger partial charge is 0.168 e. The van der Waals surface area contributed by atoms with Crippen LogP contribution in [0.2, 0.25) is 0 Å². The number of nitrogens with zero attached hydrogens (tertiary/aromatic N) is 1. The van der Waals surface area contributed by atoms with Gasteiger partial charge in [-0.15, -0.1) is 0 Å². The predicted molar refractivity (Wildman–Crippen MR) is 53.4 cm³/mol. The van der Waals surface area contributed by atoms with E-state index in [4.69, 9.17) is 11.0 Å². The Balaban J connectivity index is 3.35. The molecule has 78 valence electrons. The summed E-state index contributed by atoms with van der Waals surface area (Å²) in [6.45, 7) is 1.72. The summed E-state index contributed by atoms with van der Waals surface area (Å²) in [5.41, 5.74) is 5.77. The van der Waals surface area contributed by atoms with Gasteiger partial charge in [0.05, 0.1) is 17.3 Å². The minimum Gasteiger partial charge on any atom is -0.397 e. The number of hydrogen-bond acceptors (Lipinski definition) is 2. The van der Waals surface area contributed by atoms with E-state index >= 15 is 0 Å². The first-order chi connectivity index (χ1) is 7.11. The maximum absolute atomic E-state index is 13.3. The second-order valence-electron chi connectivity index (χ2n) is 2.96. The van der Waals surface area contributed by atoms with E-state index in [1.165, 1.54) is 12.1 Å². The molecule has 1 rings (SSSR count). The van der Waals surface area contributed by atoms with Gasteiger partial charge in [-0.3, -0.25) is 0 Å². The van der Waals surface area contributed by atoms with Crippen LogP contribution in [-0.2, 0) is 0 Å². The van der Waals surface area contributed by atoms with Crippen LogP contribution in [0.1, 0.15) is 18.9 Å². The lowest BCUT2D eigenvalue weighted by Gasteiger charge is -2.05. The van der Waals surface area contributed by atoms with E-state index in [1.807, 2.05) is 6.07 Å². The number of benzene rings is 1. The molecule has 0 fully saturated rings. The fraction of sp³-hybridized carbons (Fsp3) is 0.182. The highest BCUT2D eigenvalue weighted by Gasteiger charge is 2.12. The molecular formula is C11H10F2N2. The van der Waals surface area contributed by atoms with E-state index < -0.39 is 11.6 Å². The highest BCUT2D eigenvalue weighted by molar-refractivity contribution is 5.69. The van der Waals surface area contributed by atoms with Crippen molar-refractivity contribution in [2.75, 3.05) is 0 Å². The number of hydrogen-bond donors (Lipinski definition) is 1. The van der Waals surface area contributed by atoms with Crippen molar-refractivity contribution < 1.29 is 8.78 Å². The Hall–Kier alpha value is -1.89. The summed E-state index contributed by atoms with van der Waals surface area (Å²) < 4.78 is 26.2. The van der Waals surface area contributed by atoms with Gasteiger partial charge in [-0.05, 0) is 18.6 Å². The molecule has 1 aromatic rings. The maximum Gasteiger partial charge on any atom is 0.168 e. The van der Waals surface area contributed by atoms with Crippen molar-refractivity contribution in [3.05, 3.63) is 41.0 Å². The lowest BCUT2D eigenvalue weighted by molar-refractivity contribution is 0.506. The fourth-order valence-corrected chi connectivity index (χ4v) is 1.20. The van der Waals surface area contributed by atoms with Gasteiger partial charge in [-0.25, -0.2) is 8.78 Å². The zero-order valence-electron chi connectivity index (χ0n) is 8.22. The van der Waals surface area contributed by atoms with Crippen molar-refractivity contribution in [3.63, 3.8) is 0 Å². The van der Waals surface area contributed by atoms with Gasteiger partial charge in [-0.2, -0.15) is 5.26 Å². The van der Waals surface area contributed by atoms with Crippen LogP contribution >= 0.6 is 0 Å². The molecule has 0 radical (unpaired) electrons. The predicted octanol–water partition coefficient (Wildman–Crippen LogP) is 2.57. The molecule has 0 amide bonds. The Labute approximate surface area is 86.6 Å². The number of nitriles is 1. The fourth-order valence-electron chi connectivity index (χ4n) is 1.20. The summed E-state index contributed by atoms with van der Waals surface area (Å²) >= 11 is 0. The summed E-state index contributed by atoms with van der Waals surface area (Å²) in [4.78, 5) is 0. The molecule has 2 N–H and O–H groups in total. The Morgan fingerprint density at radius 3 is 2.67 bits per heavy atom. The lowest BCUT2D eigenvalue weighted by Crippen LogP contribution is -2.04. The molecule has 0 bridgehead atoms. The maximum atomic E-state index is 13.3. The molecule has 1 aromatic carbocycles. The van der Waals surface area contributed by atoms with Gasteiger partial charge < -0.3 is 5.73 Å². The third kappa shape index (κ3) is 2.13.